The van der Waals surface area contributed by atoms with Gasteiger partial charge in [0.25, 0.3) is 0 Å². The maximum absolute atomic E-state index is 12.6. The van der Waals surface area contributed by atoms with Crippen LogP contribution in [0.5, 0.6) is 0 Å². The molecule has 2 amide bonds. The molecule has 33 heavy (non-hydrogen) atoms. The van der Waals surface area contributed by atoms with E-state index in [1.54, 1.807) is 47.4 Å². The summed E-state index contributed by atoms with van der Waals surface area (Å²) in [7, 11) is 0. The summed E-state index contributed by atoms with van der Waals surface area (Å²) in [6.45, 7) is -0.0382. The van der Waals surface area contributed by atoms with Crippen LogP contribution in [0.1, 0.15) is 27.1 Å². The minimum absolute atomic E-state index is 0.0931. The van der Waals surface area contributed by atoms with E-state index < -0.39 is 11.9 Å². The number of hydrogen-bond acceptors (Lipinski definition) is 5. The number of hydrogen-bond donors (Lipinski definition) is 1. The molecule has 0 saturated carbocycles. The Morgan fingerprint density at radius 1 is 0.848 bits per heavy atom. The highest BCUT2D eigenvalue weighted by atomic mass is 16.5. The Bertz CT molecular complexity index is 1160. The highest BCUT2D eigenvalue weighted by molar-refractivity contribution is 6.04. The van der Waals surface area contributed by atoms with Gasteiger partial charge in [0.1, 0.15) is 0 Å². The molecular weight excluding hydrogens is 420 g/mol. The van der Waals surface area contributed by atoms with Crippen molar-refractivity contribution < 1.29 is 23.9 Å². The minimum Gasteiger partial charge on any atom is -0.454 e. The van der Waals surface area contributed by atoms with E-state index in [4.69, 9.17) is 4.74 Å². The molecule has 7 heteroatoms. The number of ether oxygens (including phenoxy) is 1. The normalized spacial score (nSPS) is 15.2. The van der Waals surface area contributed by atoms with Crippen LogP contribution < -0.4 is 10.2 Å². The van der Waals surface area contributed by atoms with Gasteiger partial charge in [-0.25, -0.2) is 4.79 Å². The molecular formula is C26H22N2O5. The molecule has 0 bridgehead atoms. The summed E-state index contributed by atoms with van der Waals surface area (Å²) in [5.74, 6) is -1.73. The number of carbonyl (C=O) groups is 4. The highest BCUT2D eigenvalue weighted by Crippen LogP contribution is 2.26. The van der Waals surface area contributed by atoms with Crippen molar-refractivity contribution in [1.29, 1.82) is 0 Å². The van der Waals surface area contributed by atoms with Crippen molar-refractivity contribution in [2.75, 3.05) is 23.4 Å². The molecule has 0 unspecified atom stereocenters. The average molecular weight is 442 g/mol. The fourth-order valence-electron chi connectivity index (χ4n) is 3.60. The molecule has 1 aliphatic heterocycles. The van der Waals surface area contributed by atoms with Gasteiger partial charge < -0.3 is 15.0 Å². The van der Waals surface area contributed by atoms with Crippen molar-refractivity contribution in [3.63, 3.8) is 0 Å². The Balaban J connectivity index is 1.30. The number of rotatable bonds is 7. The Morgan fingerprint density at radius 2 is 1.48 bits per heavy atom. The zero-order valence-corrected chi connectivity index (χ0v) is 17.8. The minimum atomic E-state index is -0.628. The van der Waals surface area contributed by atoms with E-state index in [0.29, 0.717) is 17.8 Å². The molecule has 0 aliphatic carbocycles. The predicted octanol–water partition coefficient (Wildman–Crippen LogP) is 3.72. The molecule has 1 heterocycles. The van der Waals surface area contributed by atoms with Gasteiger partial charge in [-0.2, -0.15) is 0 Å². The lowest BCUT2D eigenvalue weighted by Gasteiger charge is -2.16. The van der Waals surface area contributed by atoms with Crippen LogP contribution in [0.3, 0.4) is 0 Å². The number of Topliss-reactive ketones (excluding diaryl/α,β-unsaturated/α-hetero) is 1. The fraction of sp³-hybridized carbons (Fsp3) is 0.154. The third-order valence-electron chi connectivity index (χ3n) is 5.38. The second kappa shape index (κ2) is 9.91. The lowest BCUT2D eigenvalue weighted by Crippen LogP contribution is -2.28. The van der Waals surface area contributed by atoms with E-state index in [1.807, 2.05) is 30.3 Å². The van der Waals surface area contributed by atoms with Gasteiger partial charge in [0.05, 0.1) is 11.5 Å². The van der Waals surface area contributed by atoms with Crippen molar-refractivity contribution in [2.45, 2.75) is 6.42 Å². The topological polar surface area (TPSA) is 92.8 Å². The molecule has 0 spiro atoms. The number of nitrogens with zero attached hydrogens (tertiary/aromatic N) is 1. The van der Waals surface area contributed by atoms with Crippen molar-refractivity contribution in [3.8, 4) is 0 Å². The maximum atomic E-state index is 12.6. The molecule has 166 valence electrons. The molecule has 1 saturated heterocycles. The second-order valence-electron chi connectivity index (χ2n) is 7.67. The zero-order chi connectivity index (χ0) is 23.2. The lowest BCUT2D eigenvalue weighted by atomic mass is 10.1. The van der Waals surface area contributed by atoms with Gasteiger partial charge in [0.15, 0.2) is 12.4 Å². The molecule has 0 aromatic heterocycles. The second-order valence-corrected chi connectivity index (χ2v) is 7.67. The summed E-state index contributed by atoms with van der Waals surface area (Å²) in [5, 5.41) is 2.79. The molecule has 0 radical (unpaired) electrons. The number of amides is 2. The molecule has 1 fully saturated rings. The predicted molar refractivity (Wildman–Crippen MR) is 123 cm³/mol. The number of benzene rings is 3. The molecule has 1 aliphatic rings. The molecule has 3 aromatic carbocycles. The largest absolute Gasteiger partial charge is 0.454 e. The number of esters is 1. The molecule has 1 atom stereocenters. The lowest BCUT2D eigenvalue weighted by molar-refractivity contribution is -0.122. The van der Waals surface area contributed by atoms with E-state index >= 15 is 0 Å². The average Bonchev–Trinajstić information content (AvgIpc) is 3.25. The number of ketones is 1. The van der Waals surface area contributed by atoms with Gasteiger partial charge in [0.2, 0.25) is 11.8 Å². The first kappa shape index (κ1) is 22.0. The van der Waals surface area contributed by atoms with E-state index in [-0.39, 0.29) is 36.2 Å². The highest BCUT2D eigenvalue weighted by Gasteiger charge is 2.35. The zero-order valence-electron chi connectivity index (χ0n) is 17.8. The molecule has 3 aromatic rings. The Hall–Kier alpha value is -4.26. The van der Waals surface area contributed by atoms with E-state index in [0.717, 1.165) is 5.69 Å². The number of carbonyl (C=O) groups excluding carboxylic acids is 4. The summed E-state index contributed by atoms with van der Waals surface area (Å²) in [6, 6.07) is 24.0. The summed E-state index contributed by atoms with van der Waals surface area (Å²) in [4.78, 5) is 50.9. The van der Waals surface area contributed by atoms with Crippen LogP contribution in [0.2, 0.25) is 0 Å². The summed E-state index contributed by atoms with van der Waals surface area (Å²) in [6.07, 6.45) is 0.139. The monoisotopic (exact) mass is 442 g/mol. The Kier molecular flexibility index (Phi) is 6.59. The van der Waals surface area contributed by atoms with E-state index in [1.165, 1.54) is 12.1 Å². The Morgan fingerprint density at radius 3 is 2.15 bits per heavy atom. The van der Waals surface area contributed by atoms with Crippen LogP contribution >= 0.6 is 0 Å². The summed E-state index contributed by atoms with van der Waals surface area (Å²) >= 11 is 0. The first-order valence-electron chi connectivity index (χ1n) is 10.5. The molecule has 4 rings (SSSR count). The van der Waals surface area contributed by atoms with Crippen molar-refractivity contribution in [2.24, 2.45) is 5.92 Å². The number of nitrogens with one attached hydrogen (secondary N) is 1. The summed E-state index contributed by atoms with van der Waals surface area (Å²) in [5.41, 5.74) is 2.01. The quantitative estimate of drug-likeness (QED) is 0.445. The summed E-state index contributed by atoms with van der Waals surface area (Å²) < 4.78 is 5.09. The van der Waals surface area contributed by atoms with Crippen molar-refractivity contribution in [3.05, 3.63) is 96.1 Å². The van der Waals surface area contributed by atoms with Crippen LogP contribution in [0.25, 0.3) is 0 Å². The maximum Gasteiger partial charge on any atom is 0.338 e. The van der Waals surface area contributed by atoms with Crippen molar-refractivity contribution in [1.82, 2.24) is 0 Å². The van der Waals surface area contributed by atoms with Crippen LogP contribution in [-0.2, 0) is 14.3 Å². The van der Waals surface area contributed by atoms with Crippen molar-refractivity contribution >= 4 is 34.9 Å². The smallest absolute Gasteiger partial charge is 0.338 e. The number of anilines is 2. The third-order valence-corrected chi connectivity index (χ3v) is 5.38. The van der Waals surface area contributed by atoms with Crippen LogP contribution in [-0.4, -0.2) is 36.7 Å². The van der Waals surface area contributed by atoms with E-state index in [9.17, 15) is 19.2 Å². The fourth-order valence-corrected chi connectivity index (χ4v) is 3.60. The van der Waals surface area contributed by atoms with Gasteiger partial charge in [-0.1, -0.05) is 48.5 Å². The first-order valence-corrected chi connectivity index (χ1v) is 10.5. The van der Waals surface area contributed by atoms with Gasteiger partial charge >= 0.3 is 5.97 Å². The molecule has 1 N–H and O–H groups in total. The van der Waals surface area contributed by atoms with Gasteiger partial charge in [0, 0.05) is 29.9 Å². The first-order chi connectivity index (χ1) is 16.0. The SMILES string of the molecule is O=C(COC(=O)c1ccc(NC(=O)[C@H]2CC(=O)N(c3ccccc3)C2)cc1)c1ccccc1. The van der Waals surface area contributed by atoms with Gasteiger partial charge in [-0.3, -0.25) is 14.4 Å². The van der Waals surface area contributed by atoms with Crippen LogP contribution in [0.15, 0.2) is 84.9 Å². The van der Waals surface area contributed by atoms with E-state index in [2.05, 4.69) is 5.32 Å². The standard InChI is InChI=1S/C26H22N2O5/c29-23(18-7-3-1-4-8-18)17-33-26(32)19-11-13-21(14-12-19)27-25(31)20-15-24(30)28(16-20)22-9-5-2-6-10-22/h1-14,20H,15-17H2,(H,27,31)/t20-/m0/s1. The third kappa shape index (κ3) is 5.33. The molecule has 7 nitrogen and oxygen atoms in total. The van der Waals surface area contributed by atoms with Crippen LogP contribution in [0.4, 0.5) is 11.4 Å². The van der Waals surface area contributed by atoms with Crippen LogP contribution in [0, 0.1) is 5.92 Å². The van der Waals surface area contributed by atoms with Gasteiger partial charge in [-0.15, -0.1) is 0 Å². The number of para-hydroxylation sites is 1. The Labute approximate surface area is 191 Å². The van der Waals surface area contributed by atoms with Gasteiger partial charge in [-0.05, 0) is 36.4 Å².